The summed E-state index contributed by atoms with van der Waals surface area (Å²) in [6.07, 6.45) is -12.8. The average molecular weight is 938 g/mol. The van der Waals surface area contributed by atoms with Crippen LogP contribution in [-0.4, -0.2) is 147 Å². The second-order valence-electron chi connectivity index (χ2n) is 16.3. The molecule has 20 nitrogen and oxygen atoms in total. The van der Waals surface area contributed by atoms with Gasteiger partial charge in [-0.1, -0.05) is 36.4 Å². The molecule has 0 unspecified atom stereocenters. The van der Waals surface area contributed by atoms with Crippen molar-refractivity contribution in [2.45, 2.75) is 68.2 Å². The predicted molar refractivity (Wildman–Crippen MR) is 239 cm³/mol. The quantitative estimate of drug-likeness (QED) is 0.0540. The third kappa shape index (κ3) is 9.63. The van der Waals surface area contributed by atoms with E-state index in [9.17, 15) is 59.7 Å². The molecular formula is C48H47N3O17. The fourth-order valence-corrected chi connectivity index (χ4v) is 8.61. The summed E-state index contributed by atoms with van der Waals surface area (Å²) in [6, 6.07) is 21.5. The summed E-state index contributed by atoms with van der Waals surface area (Å²) in [5.41, 5.74) is 0.110. The van der Waals surface area contributed by atoms with E-state index in [-0.39, 0.29) is 58.1 Å². The second-order valence-corrected chi connectivity index (χ2v) is 16.3. The molecule has 4 aromatic carbocycles. The van der Waals surface area contributed by atoms with Crippen LogP contribution in [0.15, 0.2) is 106 Å². The number of fused-ring (bicyclic) bond motifs is 3. The Kier molecular flexibility index (Phi) is 14.1. The maximum Gasteiger partial charge on any atom is 0.336 e. The van der Waals surface area contributed by atoms with Gasteiger partial charge < -0.3 is 75.1 Å². The van der Waals surface area contributed by atoms with Gasteiger partial charge in [-0.25, -0.2) is 4.79 Å². The standard InChI is InChI=1S/C48H47N3O17/c1-22(54)50-39-41(58)43(68-48-42(59)38(40(57)34(20-52)66-48)51-44(60)25-10-9-23-5-2-3-6-24(23)17-25)35(21-53)67-47(39)64-16-15-49-45(61)30-7-4-8-31(46(62)63)37(30)36-28-13-11-26(55)18-32(28)65-33-19-27(56)12-14-29(33)36/h2-14,17-19,34-35,38-43,47-48,52-53,55,57-59H,15-16,20-21H2,1H3,(H,49,61)(H,50,54)(H,51,60)(H,62,63)/t34-,35-,38+,39-,40+,41-,42-,43-,47-,48+/m1/s1. The Morgan fingerprint density at radius 1 is 0.706 bits per heavy atom. The molecule has 356 valence electrons. The number of hydrogen-bond acceptors (Lipinski definition) is 16. The Bertz CT molecular complexity index is 2890. The summed E-state index contributed by atoms with van der Waals surface area (Å²) in [6.45, 7) is -1.02. The zero-order chi connectivity index (χ0) is 48.4. The summed E-state index contributed by atoms with van der Waals surface area (Å²) >= 11 is 0. The van der Waals surface area contributed by atoms with Crippen LogP contribution in [0.5, 0.6) is 5.75 Å². The smallest absolute Gasteiger partial charge is 0.336 e. The van der Waals surface area contributed by atoms with Gasteiger partial charge in [0, 0.05) is 58.8 Å². The monoisotopic (exact) mass is 937 g/mol. The van der Waals surface area contributed by atoms with E-state index in [1.54, 1.807) is 24.3 Å². The van der Waals surface area contributed by atoms with Gasteiger partial charge in [-0.3, -0.25) is 19.2 Å². The first-order valence-electron chi connectivity index (χ1n) is 21.4. The summed E-state index contributed by atoms with van der Waals surface area (Å²) in [4.78, 5) is 64.9. The van der Waals surface area contributed by atoms with Gasteiger partial charge in [0.2, 0.25) is 5.91 Å². The summed E-state index contributed by atoms with van der Waals surface area (Å²) in [5, 5.41) is 85.0. The molecule has 4 aliphatic rings. The van der Waals surface area contributed by atoms with Crippen LogP contribution in [-0.2, 0) is 23.7 Å². The Morgan fingerprint density at radius 2 is 1.44 bits per heavy atom. The highest BCUT2D eigenvalue weighted by Crippen LogP contribution is 2.43. The van der Waals surface area contributed by atoms with Crippen molar-refractivity contribution in [1.82, 2.24) is 16.0 Å². The van der Waals surface area contributed by atoms with Crippen LogP contribution in [0, 0.1) is 0 Å². The number of aromatic carboxylic acids is 1. The van der Waals surface area contributed by atoms with E-state index in [0.29, 0.717) is 10.9 Å². The highest BCUT2D eigenvalue weighted by Gasteiger charge is 2.52. The number of carboxylic acids is 1. The number of carbonyl (C=O) groups excluding carboxylic acids is 3. The minimum Gasteiger partial charge on any atom is -0.508 e. The molecule has 3 amide bonds. The van der Waals surface area contributed by atoms with Crippen molar-refractivity contribution in [3.05, 3.63) is 124 Å². The number of carbonyl (C=O) groups is 4. The minimum absolute atomic E-state index is 0.0136. The first kappa shape index (κ1) is 47.6. The number of nitrogens with one attached hydrogen (secondary N) is 3. The molecule has 10 atom stereocenters. The fraction of sp³-hybridized carbons (Fsp3) is 0.312. The number of aromatic hydroxyl groups is 1. The molecule has 20 heteroatoms. The highest BCUT2D eigenvalue weighted by molar-refractivity contribution is 6.14. The summed E-state index contributed by atoms with van der Waals surface area (Å²) < 4.78 is 29.5. The number of amides is 3. The van der Waals surface area contributed by atoms with Gasteiger partial charge in [-0.05, 0) is 59.3 Å². The number of carboxylic acid groups (broad SMARTS) is 1. The van der Waals surface area contributed by atoms with E-state index < -0.39 is 104 Å². The van der Waals surface area contributed by atoms with Crippen LogP contribution in [0.2, 0.25) is 0 Å². The van der Waals surface area contributed by atoms with E-state index in [2.05, 4.69) is 16.0 Å². The van der Waals surface area contributed by atoms with Crippen LogP contribution in [0.4, 0.5) is 0 Å². The van der Waals surface area contributed by atoms with Gasteiger partial charge in [-0.15, -0.1) is 0 Å². The lowest BCUT2D eigenvalue weighted by atomic mass is 9.87. The number of aliphatic hydroxyl groups excluding tert-OH is 5. The molecule has 8 rings (SSSR count). The molecule has 2 fully saturated rings. The van der Waals surface area contributed by atoms with Crippen molar-refractivity contribution in [3.8, 4) is 28.2 Å². The van der Waals surface area contributed by atoms with E-state index in [1.807, 2.05) is 18.2 Å². The van der Waals surface area contributed by atoms with Crippen molar-refractivity contribution >= 4 is 45.4 Å². The van der Waals surface area contributed by atoms with Crippen molar-refractivity contribution in [1.29, 1.82) is 0 Å². The number of aliphatic hydroxyl groups is 5. The molecule has 0 saturated carbocycles. The van der Waals surface area contributed by atoms with Crippen LogP contribution < -0.4 is 21.4 Å². The summed E-state index contributed by atoms with van der Waals surface area (Å²) in [5.74, 6) is -3.52. The molecule has 2 saturated heterocycles. The molecular weight excluding hydrogens is 891 g/mol. The van der Waals surface area contributed by atoms with Crippen LogP contribution in [0.3, 0.4) is 0 Å². The Labute approximate surface area is 385 Å². The molecule has 1 aliphatic carbocycles. The Hall–Kier alpha value is -6.85. The normalized spacial score (nSPS) is 25.0. The van der Waals surface area contributed by atoms with Crippen molar-refractivity contribution in [3.63, 3.8) is 0 Å². The van der Waals surface area contributed by atoms with Gasteiger partial charge in [0.05, 0.1) is 31.4 Å². The number of phenols is 1. The molecule has 10 N–H and O–H groups in total. The van der Waals surface area contributed by atoms with E-state index in [0.717, 1.165) is 17.7 Å². The molecule has 0 bridgehead atoms. The predicted octanol–water partition coefficient (Wildman–Crippen LogP) is 1.07. The maximum absolute atomic E-state index is 14.0. The van der Waals surface area contributed by atoms with Crippen molar-refractivity contribution in [2.75, 3.05) is 26.4 Å². The lowest BCUT2D eigenvalue weighted by Crippen LogP contribution is -2.69. The molecule has 4 aromatic rings. The van der Waals surface area contributed by atoms with Gasteiger partial charge in [0.15, 0.2) is 18.0 Å². The minimum atomic E-state index is -1.81. The molecule has 3 aliphatic heterocycles. The first-order chi connectivity index (χ1) is 32.7. The number of benzene rings is 5. The number of hydrogen-bond donors (Lipinski definition) is 10. The molecule has 68 heavy (non-hydrogen) atoms. The average Bonchev–Trinajstić information content (AvgIpc) is 3.32. The lowest BCUT2D eigenvalue weighted by molar-refractivity contribution is -0.338. The van der Waals surface area contributed by atoms with Gasteiger partial charge in [0.25, 0.3) is 11.8 Å². The third-order valence-corrected chi connectivity index (χ3v) is 11.8. The Balaban J connectivity index is 0.977. The zero-order valence-corrected chi connectivity index (χ0v) is 36.1. The van der Waals surface area contributed by atoms with Crippen LogP contribution in [0.25, 0.3) is 44.2 Å². The van der Waals surface area contributed by atoms with E-state index in [1.165, 1.54) is 54.6 Å². The Morgan fingerprint density at radius 3 is 2.18 bits per heavy atom. The maximum atomic E-state index is 14.0. The SMILES string of the molecule is CC(=O)N[C@H]1[C@H](OCCNC(=O)c2cccc(C(=O)O)c2-c2c3ccc(=O)cc-3oc3cc(O)ccc23)O[C@H](CO)[C@@H](O[C@@H]2O[C@H](CO)[C@H](O)[C@H](NC(=O)c3ccc4ccccc4c3)[C@H]2O)[C@@H]1O. The molecule has 0 aromatic heterocycles. The van der Waals surface area contributed by atoms with Gasteiger partial charge in [0.1, 0.15) is 59.8 Å². The largest absolute Gasteiger partial charge is 0.508 e. The summed E-state index contributed by atoms with van der Waals surface area (Å²) in [7, 11) is 0. The zero-order valence-electron chi connectivity index (χ0n) is 36.1. The number of rotatable bonds is 14. The number of phenolic OH excluding ortho intramolecular Hbond substituents is 1. The number of ether oxygens (including phenoxy) is 4. The van der Waals surface area contributed by atoms with Gasteiger partial charge in [-0.2, -0.15) is 0 Å². The van der Waals surface area contributed by atoms with Gasteiger partial charge >= 0.3 is 5.97 Å². The van der Waals surface area contributed by atoms with Crippen LogP contribution in [0.1, 0.15) is 38.0 Å². The fourth-order valence-electron chi connectivity index (χ4n) is 8.61. The van der Waals surface area contributed by atoms with Crippen molar-refractivity contribution < 1.29 is 78.3 Å². The van der Waals surface area contributed by atoms with Crippen molar-refractivity contribution in [2.24, 2.45) is 0 Å². The third-order valence-electron chi connectivity index (χ3n) is 11.8. The second kappa shape index (κ2) is 20.2. The van der Waals surface area contributed by atoms with E-state index >= 15 is 0 Å². The lowest BCUT2D eigenvalue weighted by Gasteiger charge is -2.47. The van der Waals surface area contributed by atoms with Crippen LogP contribution >= 0.6 is 0 Å². The highest BCUT2D eigenvalue weighted by atomic mass is 16.7. The molecule has 3 heterocycles. The topological polar surface area (TPSA) is 313 Å². The molecule has 0 spiro atoms. The first-order valence-corrected chi connectivity index (χ1v) is 21.4. The van der Waals surface area contributed by atoms with E-state index in [4.69, 9.17) is 23.4 Å². The molecule has 0 radical (unpaired) electrons.